The van der Waals surface area contributed by atoms with Crippen LogP contribution in [0.2, 0.25) is 0 Å². The molecule has 0 saturated heterocycles. The number of sulfonamides is 1. The van der Waals surface area contributed by atoms with Crippen molar-refractivity contribution < 1.29 is 13.2 Å². The van der Waals surface area contributed by atoms with Gasteiger partial charge in [0.05, 0.1) is 23.8 Å². The molecule has 1 aliphatic rings. The summed E-state index contributed by atoms with van der Waals surface area (Å²) in [5.74, 6) is 0.335. The van der Waals surface area contributed by atoms with Crippen molar-refractivity contribution in [1.29, 1.82) is 5.26 Å². The van der Waals surface area contributed by atoms with Gasteiger partial charge in [0.25, 0.3) is 0 Å². The van der Waals surface area contributed by atoms with Crippen LogP contribution in [0.5, 0.6) is 5.75 Å². The van der Waals surface area contributed by atoms with Crippen molar-refractivity contribution in [1.82, 2.24) is 4.31 Å². The molecule has 0 aliphatic heterocycles. The molecule has 7 heteroatoms. The first-order valence-electron chi connectivity index (χ1n) is 6.33. The number of methoxy groups -OCH3 is 1. The van der Waals surface area contributed by atoms with Crippen molar-refractivity contribution in [3.8, 4) is 11.8 Å². The molecule has 0 spiro atoms. The Morgan fingerprint density at radius 2 is 2.20 bits per heavy atom. The maximum absolute atomic E-state index is 12.6. The van der Waals surface area contributed by atoms with Crippen LogP contribution >= 0.6 is 0 Å². The predicted octanol–water partition coefficient (Wildman–Crippen LogP) is 1.34. The highest BCUT2D eigenvalue weighted by atomic mass is 32.2. The summed E-state index contributed by atoms with van der Waals surface area (Å²) in [5, 5.41) is 8.66. The molecule has 1 saturated carbocycles. The molecule has 0 aromatic heterocycles. The lowest BCUT2D eigenvalue weighted by atomic mass is 10.3. The molecule has 1 aromatic carbocycles. The molecule has 2 rings (SSSR count). The third-order valence-electron chi connectivity index (χ3n) is 3.21. The van der Waals surface area contributed by atoms with E-state index >= 15 is 0 Å². The maximum atomic E-state index is 12.6. The zero-order chi connectivity index (χ0) is 14.8. The lowest BCUT2D eigenvalue weighted by molar-refractivity contribution is 0.406. The number of nitrogens with zero attached hydrogens (tertiary/aromatic N) is 2. The summed E-state index contributed by atoms with van der Waals surface area (Å²) in [5.41, 5.74) is 6.09. The zero-order valence-corrected chi connectivity index (χ0v) is 12.1. The third-order valence-corrected chi connectivity index (χ3v) is 5.16. The van der Waals surface area contributed by atoms with Gasteiger partial charge in [-0.2, -0.15) is 9.57 Å². The second-order valence-corrected chi connectivity index (χ2v) is 6.55. The highest BCUT2D eigenvalue weighted by molar-refractivity contribution is 7.89. The summed E-state index contributed by atoms with van der Waals surface area (Å²) in [6, 6.07) is 6.40. The topological polar surface area (TPSA) is 96.4 Å². The van der Waals surface area contributed by atoms with Crippen LogP contribution in [-0.2, 0) is 10.0 Å². The van der Waals surface area contributed by atoms with Gasteiger partial charge in [0.2, 0.25) is 10.0 Å². The second kappa shape index (κ2) is 5.69. The minimum Gasteiger partial charge on any atom is -0.495 e. The fraction of sp³-hybridized carbons (Fsp3) is 0.462. The van der Waals surface area contributed by atoms with Gasteiger partial charge in [-0.05, 0) is 25.0 Å². The highest BCUT2D eigenvalue weighted by Gasteiger charge is 2.37. The Morgan fingerprint density at radius 3 is 2.75 bits per heavy atom. The Morgan fingerprint density at radius 1 is 1.50 bits per heavy atom. The van der Waals surface area contributed by atoms with Crippen molar-refractivity contribution in [2.45, 2.75) is 30.2 Å². The van der Waals surface area contributed by atoms with E-state index in [9.17, 15) is 8.42 Å². The van der Waals surface area contributed by atoms with Gasteiger partial charge in [0.15, 0.2) is 0 Å². The van der Waals surface area contributed by atoms with E-state index in [2.05, 4.69) is 0 Å². The van der Waals surface area contributed by atoms with E-state index in [1.165, 1.54) is 29.6 Å². The molecule has 1 fully saturated rings. The van der Waals surface area contributed by atoms with E-state index < -0.39 is 10.0 Å². The molecule has 6 nitrogen and oxygen atoms in total. The van der Waals surface area contributed by atoms with Crippen molar-refractivity contribution in [2.75, 3.05) is 19.4 Å². The number of nitrogens with two attached hydrogens (primary N) is 1. The van der Waals surface area contributed by atoms with Crippen LogP contribution in [0.15, 0.2) is 23.1 Å². The van der Waals surface area contributed by atoms with Gasteiger partial charge in [-0.25, -0.2) is 8.42 Å². The number of anilines is 1. The molecule has 0 unspecified atom stereocenters. The second-order valence-electron chi connectivity index (χ2n) is 4.66. The Bertz CT molecular complexity index is 633. The van der Waals surface area contributed by atoms with Crippen molar-refractivity contribution in [2.24, 2.45) is 0 Å². The molecule has 1 aromatic rings. The number of nitriles is 1. The number of hydrogen-bond acceptors (Lipinski definition) is 5. The van der Waals surface area contributed by atoms with Gasteiger partial charge >= 0.3 is 0 Å². The van der Waals surface area contributed by atoms with E-state index in [-0.39, 0.29) is 23.9 Å². The van der Waals surface area contributed by atoms with Gasteiger partial charge in [-0.15, -0.1) is 0 Å². The molecule has 0 atom stereocenters. The number of ether oxygens (including phenoxy) is 1. The van der Waals surface area contributed by atoms with Crippen molar-refractivity contribution >= 4 is 15.7 Å². The summed E-state index contributed by atoms with van der Waals surface area (Å²) >= 11 is 0. The van der Waals surface area contributed by atoms with Crippen molar-refractivity contribution in [3.05, 3.63) is 18.2 Å². The summed E-state index contributed by atoms with van der Waals surface area (Å²) in [6.45, 7) is 0.218. The molecule has 20 heavy (non-hydrogen) atoms. The predicted molar refractivity (Wildman–Crippen MR) is 74.6 cm³/mol. The van der Waals surface area contributed by atoms with Crippen LogP contribution in [0, 0.1) is 11.3 Å². The lowest BCUT2D eigenvalue weighted by Gasteiger charge is -2.21. The summed E-state index contributed by atoms with van der Waals surface area (Å²) in [6.07, 6.45) is 1.87. The molecule has 0 amide bonds. The van der Waals surface area contributed by atoms with Crippen molar-refractivity contribution in [3.63, 3.8) is 0 Å². The van der Waals surface area contributed by atoms with Gasteiger partial charge in [0.1, 0.15) is 5.75 Å². The fourth-order valence-corrected chi connectivity index (χ4v) is 3.71. The Hall–Kier alpha value is -1.78. The molecule has 0 radical (unpaired) electrons. The van der Waals surface area contributed by atoms with E-state index in [0.717, 1.165) is 12.8 Å². The first-order chi connectivity index (χ1) is 9.50. The molecule has 108 valence electrons. The normalized spacial score (nSPS) is 15.1. The quantitative estimate of drug-likeness (QED) is 0.799. The van der Waals surface area contributed by atoms with Crippen LogP contribution in [0.25, 0.3) is 0 Å². The monoisotopic (exact) mass is 295 g/mol. The first kappa shape index (κ1) is 14.6. The molecule has 1 aliphatic carbocycles. The molecular formula is C13H17N3O3S. The van der Waals surface area contributed by atoms with Crippen LogP contribution < -0.4 is 10.5 Å². The summed E-state index contributed by atoms with van der Waals surface area (Å²) in [4.78, 5) is 0.147. The average molecular weight is 295 g/mol. The van der Waals surface area contributed by atoms with Crippen LogP contribution in [0.1, 0.15) is 19.3 Å². The summed E-state index contributed by atoms with van der Waals surface area (Å²) in [7, 11) is -2.17. The highest BCUT2D eigenvalue weighted by Crippen LogP contribution is 2.34. The largest absolute Gasteiger partial charge is 0.495 e. The minimum absolute atomic E-state index is 0.0110. The SMILES string of the molecule is COc1cc(S(=O)(=O)N(CCC#N)C2CC2)ccc1N. The van der Waals surface area contributed by atoms with Crippen LogP contribution in [-0.4, -0.2) is 32.4 Å². The zero-order valence-electron chi connectivity index (χ0n) is 11.2. The van der Waals surface area contributed by atoms with E-state index in [1.54, 1.807) is 0 Å². The van der Waals surface area contributed by atoms with Gasteiger partial charge in [-0.3, -0.25) is 0 Å². The standard InChI is InChI=1S/C13H17N3O3S/c1-19-13-9-11(5-6-12(13)15)20(17,18)16(8-2-7-14)10-3-4-10/h5-6,9-10H,2-4,8,15H2,1H3. The van der Waals surface area contributed by atoms with Gasteiger partial charge in [0, 0.05) is 25.1 Å². The summed E-state index contributed by atoms with van der Waals surface area (Å²) < 4.78 is 31.7. The molecule has 0 heterocycles. The average Bonchev–Trinajstić information content (AvgIpc) is 3.24. The number of benzene rings is 1. The van der Waals surface area contributed by atoms with Crippen LogP contribution in [0.4, 0.5) is 5.69 Å². The fourth-order valence-electron chi connectivity index (χ4n) is 2.01. The third kappa shape index (κ3) is 2.86. The van der Waals surface area contributed by atoms with Gasteiger partial charge in [-0.1, -0.05) is 0 Å². The molecular weight excluding hydrogens is 278 g/mol. The van der Waals surface area contributed by atoms with E-state index in [0.29, 0.717) is 11.4 Å². The Balaban J connectivity index is 2.35. The Kier molecular flexibility index (Phi) is 4.16. The Labute approximate surface area is 118 Å². The first-order valence-corrected chi connectivity index (χ1v) is 7.77. The van der Waals surface area contributed by atoms with E-state index in [1.807, 2.05) is 6.07 Å². The molecule has 2 N–H and O–H groups in total. The smallest absolute Gasteiger partial charge is 0.243 e. The van der Waals surface area contributed by atoms with E-state index in [4.69, 9.17) is 15.7 Å². The number of nitrogen functional groups attached to an aromatic ring is 1. The minimum atomic E-state index is -3.61. The van der Waals surface area contributed by atoms with Gasteiger partial charge < -0.3 is 10.5 Å². The number of hydrogen-bond donors (Lipinski definition) is 1. The van der Waals surface area contributed by atoms with Crippen LogP contribution in [0.3, 0.4) is 0 Å². The number of rotatable bonds is 6. The lowest BCUT2D eigenvalue weighted by Crippen LogP contribution is -2.34. The molecule has 0 bridgehead atoms. The maximum Gasteiger partial charge on any atom is 0.243 e.